The highest BCUT2D eigenvalue weighted by Gasteiger charge is 2.48. The predicted octanol–water partition coefficient (Wildman–Crippen LogP) is 2.28. The number of nitrogens with zero attached hydrogens (tertiary/aromatic N) is 1. The molecule has 0 amide bonds. The van der Waals surface area contributed by atoms with Crippen LogP contribution in [0.2, 0.25) is 0 Å². The Balaban J connectivity index is 2.56. The third-order valence-electron chi connectivity index (χ3n) is 4.06. The topological polar surface area (TPSA) is 109 Å². The van der Waals surface area contributed by atoms with Crippen molar-refractivity contribution in [1.29, 1.82) is 0 Å². The van der Waals surface area contributed by atoms with Crippen LogP contribution in [0.25, 0.3) is 0 Å². The zero-order valence-corrected chi connectivity index (χ0v) is 15.5. The highest BCUT2D eigenvalue weighted by Crippen LogP contribution is 2.28. The average molecular weight is 370 g/mol. The minimum absolute atomic E-state index is 0.0351. The minimum Gasteiger partial charge on any atom is -0.465 e. The molecule has 0 aliphatic heterocycles. The molecule has 2 N–H and O–H groups in total. The largest absolute Gasteiger partial charge is 0.465 e. The first-order valence-electron chi connectivity index (χ1n) is 8.57. The maximum absolute atomic E-state index is 12.8. The van der Waals surface area contributed by atoms with E-state index in [1.54, 1.807) is 44.2 Å². The van der Waals surface area contributed by atoms with Crippen LogP contribution in [0.15, 0.2) is 42.5 Å². The van der Waals surface area contributed by atoms with Crippen molar-refractivity contribution in [2.75, 3.05) is 18.9 Å². The molecule has 27 heavy (non-hydrogen) atoms. The van der Waals surface area contributed by atoms with E-state index in [0.717, 1.165) is 0 Å². The van der Waals surface area contributed by atoms with Gasteiger partial charge in [0.1, 0.15) is 5.69 Å². The molecule has 0 aliphatic carbocycles. The van der Waals surface area contributed by atoms with E-state index in [-0.39, 0.29) is 30.3 Å². The van der Waals surface area contributed by atoms with E-state index in [4.69, 9.17) is 15.2 Å². The van der Waals surface area contributed by atoms with Gasteiger partial charge in [0.05, 0.1) is 24.6 Å². The van der Waals surface area contributed by atoms with Gasteiger partial charge in [-0.2, -0.15) is 0 Å². The van der Waals surface area contributed by atoms with Crippen LogP contribution in [0.4, 0.5) is 5.69 Å². The van der Waals surface area contributed by atoms with Crippen molar-refractivity contribution in [3.63, 3.8) is 0 Å². The number of pyridine rings is 1. The van der Waals surface area contributed by atoms with Crippen LogP contribution in [0.3, 0.4) is 0 Å². The molecule has 2 aromatic rings. The Morgan fingerprint density at radius 2 is 1.52 bits per heavy atom. The summed E-state index contributed by atoms with van der Waals surface area (Å²) in [6.07, 6.45) is 0. The summed E-state index contributed by atoms with van der Waals surface area (Å²) in [4.78, 5) is 42.1. The molecule has 0 fully saturated rings. The van der Waals surface area contributed by atoms with E-state index in [1.807, 2.05) is 0 Å². The molecule has 1 aromatic heterocycles. The van der Waals surface area contributed by atoms with Gasteiger partial charge >= 0.3 is 11.9 Å². The Kier molecular flexibility index (Phi) is 6.28. The Hall–Kier alpha value is -3.22. The molecule has 0 saturated carbocycles. The van der Waals surface area contributed by atoms with Gasteiger partial charge in [0.25, 0.3) is 0 Å². The number of carbonyl (C=O) groups excluding carboxylic acids is 3. The fourth-order valence-corrected chi connectivity index (χ4v) is 2.50. The number of esters is 2. The van der Waals surface area contributed by atoms with Gasteiger partial charge < -0.3 is 15.2 Å². The first-order chi connectivity index (χ1) is 12.9. The zero-order valence-electron chi connectivity index (χ0n) is 15.5. The van der Waals surface area contributed by atoms with E-state index < -0.39 is 23.1 Å². The number of nitrogen functional groups attached to an aromatic ring is 1. The van der Waals surface area contributed by atoms with Gasteiger partial charge in [0.15, 0.2) is 0 Å². The number of ether oxygens (including phenoxy) is 2. The Labute approximate surface area is 157 Å². The molecule has 0 atom stereocenters. The lowest BCUT2D eigenvalue weighted by Gasteiger charge is -2.25. The normalized spacial score (nSPS) is 10.9. The third-order valence-corrected chi connectivity index (χ3v) is 4.06. The maximum atomic E-state index is 12.8. The van der Waals surface area contributed by atoms with Crippen molar-refractivity contribution in [2.24, 2.45) is 0 Å². The number of anilines is 1. The van der Waals surface area contributed by atoms with Gasteiger partial charge in [-0.05, 0) is 32.9 Å². The summed E-state index contributed by atoms with van der Waals surface area (Å²) < 4.78 is 10.1. The molecule has 0 spiro atoms. The van der Waals surface area contributed by atoms with Gasteiger partial charge in [0, 0.05) is 5.56 Å². The number of rotatable bonds is 7. The van der Waals surface area contributed by atoms with Gasteiger partial charge in [-0.1, -0.05) is 30.3 Å². The van der Waals surface area contributed by atoms with Gasteiger partial charge in [-0.15, -0.1) is 0 Å². The van der Waals surface area contributed by atoms with E-state index in [0.29, 0.717) is 5.56 Å². The van der Waals surface area contributed by atoms with Crippen molar-refractivity contribution in [1.82, 2.24) is 4.98 Å². The summed E-state index contributed by atoms with van der Waals surface area (Å²) in [5.74, 6) is -2.03. The smallest absolute Gasteiger partial charge is 0.329 e. The number of hydrogen-bond donors (Lipinski definition) is 1. The lowest BCUT2D eigenvalue weighted by Crippen LogP contribution is -2.44. The SMILES string of the molecule is CCOC(=O)C(C)(C(=O)OCC)c1ccc(N)c(C(=O)c2ccccc2)n1. The van der Waals surface area contributed by atoms with Crippen LogP contribution in [0.5, 0.6) is 0 Å². The Morgan fingerprint density at radius 3 is 2.04 bits per heavy atom. The van der Waals surface area contributed by atoms with Crippen LogP contribution in [0, 0.1) is 0 Å². The molecule has 1 heterocycles. The van der Waals surface area contributed by atoms with Crippen LogP contribution in [-0.4, -0.2) is 35.9 Å². The molecule has 0 saturated heterocycles. The second kappa shape index (κ2) is 8.44. The van der Waals surface area contributed by atoms with Crippen LogP contribution >= 0.6 is 0 Å². The summed E-state index contributed by atoms with van der Waals surface area (Å²) in [6, 6.07) is 11.3. The fraction of sp³-hybridized carbons (Fsp3) is 0.300. The Bertz CT molecular complexity index is 831. The van der Waals surface area contributed by atoms with Crippen molar-refractivity contribution in [3.05, 3.63) is 59.4 Å². The van der Waals surface area contributed by atoms with E-state index >= 15 is 0 Å². The summed E-state index contributed by atoms with van der Waals surface area (Å²) in [5.41, 5.74) is 4.64. The first kappa shape index (κ1) is 20.1. The van der Waals surface area contributed by atoms with Crippen LogP contribution in [0.1, 0.15) is 42.5 Å². The molecular weight excluding hydrogens is 348 g/mol. The standard InChI is InChI=1S/C20H22N2O5/c1-4-26-18(24)20(3,19(25)27-5-2)15-12-11-14(21)16(22-15)17(23)13-9-7-6-8-10-13/h6-12H,4-5,21H2,1-3H3. The number of nitrogens with two attached hydrogens (primary N) is 1. The number of aromatic nitrogens is 1. The second-order valence-electron chi connectivity index (χ2n) is 5.90. The van der Waals surface area contributed by atoms with Crippen molar-refractivity contribution in [3.8, 4) is 0 Å². The Morgan fingerprint density at radius 1 is 0.963 bits per heavy atom. The average Bonchev–Trinajstić information content (AvgIpc) is 2.68. The molecule has 1 aromatic carbocycles. The molecule has 7 heteroatoms. The number of benzene rings is 1. The third kappa shape index (κ3) is 3.97. The van der Waals surface area contributed by atoms with E-state index in [1.165, 1.54) is 19.1 Å². The molecule has 2 rings (SSSR count). The fourth-order valence-electron chi connectivity index (χ4n) is 2.50. The number of hydrogen-bond acceptors (Lipinski definition) is 7. The van der Waals surface area contributed by atoms with Crippen LogP contribution in [-0.2, 0) is 24.5 Å². The molecule has 142 valence electrons. The molecule has 0 radical (unpaired) electrons. The van der Waals surface area contributed by atoms with E-state index in [9.17, 15) is 14.4 Å². The van der Waals surface area contributed by atoms with E-state index in [2.05, 4.69) is 4.98 Å². The van der Waals surface area contributed by atoms with Crippen LogP contribution < -0.4 is 5.73 Å². The maximum Gasteiger partial charge on any atom is 0.329 e. The number of carbonyl (C=O) groups is 3. The monoisotopic (exact) mass is 370 g/mol. The highest BCUT2D eigenvalue weighted by atomic mass is 16.6. The van der Waals surface area contributed by atoms with Gasteiger partial charge in [-0.25, -0.2) is 4.98 Å². The minimum atomic E-state index is -1.81. The summed E-state index contributed by atoms with van der Waals surface area (Å²) in [7, 11) is 0. The van der Waals surface area contributed by atoms with Gasteiger partial charge in [-0.3, -0.25) is 14.4 Å². The quantitative estimate of drug-likeness (QED) is 0.452. The van der Waals surface area contributed by atoms with Gasteiger partial charge in [0.2, 0.25) is 11.2 Å². The molecule has 0 aliphatic rings. The van der Waals surface area contributed by atoms with Crippen molar-refractivity contribution < 1.29 is 23.9 Å². The van der Waals surface area contributed by atoms with Crippen molar-refractivity contribution >= 4 is 23.4 Å². The van der Waals surface area contributed by atoms with Crippen molar-refractivity contribution in [2.45, 2.75) is 26.2 Å². The lowest BCUT2D eigenvalue weighted by atomic mass is 9.85. The molecule has 7 nitrogen and oxygen atoms in total. The molecular formula is C20H22N2O5. The zero-order chi connectivity index (χ0) is 20.0. The highest BCUT2D eigenvalue weighted by molar-refractivity contribution is 6.11. The molecule has 0 unspecified atom stereocenters. The number of ketones is 1. The summed E-state index contributed by atoms with van der Waals surface area (Å²) in [5, 5.41) is 0. The first-order valence-corrected chi connectivity index (χ1v) is 8.57. The second-order valence-corrected chi connectivity index (χ2v) is 5.90. The lowest BCUT2D eigenvalue weighted by molar-refractivity contribution is -0.164. The molecule has 0 bridgehead atoms. The predicted molar refractivity (Wildman–Crippen MR) is 99.1 cm³/mol. The summed E-state index contributed by atoms with van der Waals surface area (Å²) in [6.45, 7) is 4.78. The summed E-state index contributed by atoms with van der Waals surface area (Å²) >= 11 is 0.